The zero-order chi connectivity index (χ0) is 22.4. The molecule has 1 N–H and O–H groups in total. The summed E-state index contributed by atoms with van der Waals surface area (Å²) in [5.74, 6) is 1.13. The topological polar surface area (TPSA) is 76.5 Å². The van der Waals surface area contributed by atoms with Gasteiger partial charge in [0.2, 0.25) is 10.0 Å². The Morgan fingerprint density at radius 2 is 1.94 bits per heavy atom. The number of aromatic nitrogens is 2. The van der Waals surface area contributed by atoms with E-state index in [1.54, 1.807) is 7.05 Å². The number of rotatable bonds is 11. The SMILES string of the molecule is Cn1cc(S(=O)(=O)NCCOc2cccc(C(Cc3ccccc3)CN3CCC3)c2)cn1. The third-order valence-corrected chi connectivity index (χ3v) is 7.15. The molecule has 2 heterocycles. The quantitative estimate of drug-likeness (QED) is 0.451. The van der Waals surface area contributed by atoms with E-state index in [9.17, 15) is 8.42 Å². The monoisotopic (exact) mass is 454 g/mol. The van der Waals surface area contributed by atoms with Crippen molar-refractivity contribution >= 4 is 10.0 Å². The number of ether oxygens (including phenoxy) is 1. The molecule has 1 fully saturated rings. The van der Waals surface area contributed by atoms with Crippen LogP contribution in [0.2, 0.25) is 0 Å². The molecule has 7 nitrogen and oxygen atoms in total. The van der Waals surface area contributed by atoms with E-state index in [1.807, 2.05) is 18.2 Å². The molecule has 0 spiro atoms. The minimum Gasteiger partial charge on any atom is -0.492 e. The molecule has 1 aromatic heterocycles. The van der Waals surface area contributed by atoms with Crippen LogP contribution in [0, 0.1) is 0 Å². The van der Waals surface area contributed by atoms with Gasteiger partial charge in [0.1, 0.15) is 17.3 Å². The number of nitrogens with one attached hydrogen (secondary N) is 1. The molecular formula is C24H30N4O3S. The summed E-state index contributed by atoms with van der Waals surface area (Å²) >= 11 is 0. The standard InChI is InChI=1S/C24H30N4O3S/c1-27-19-24(17-25-27)32(29,30)26-11-14-31-23-10-5-9-21(16-23)22(18-28-12-6-13-28)15-20-7-3-2-4-8-20/h2-5,7-10,16-17,19,22,26H,6,11-15,18H2,1H3. The van der Waals surface area contributed by atoms with Crippen LogP contribution in [0.15, 0.2) is 71.9 Å². The fourth-order valence-corrected chi connectivity index (χ4v) is 4.88. The fourth-order valence-electron chi connectivity index (χ4n) is 3.89. The maximum Gasteiger partial charge on any atom is 0.243 e. The van der Waals surface area contributed by atoms with Crippen LogP contribution >= 0.6 is 0 Å². The Hall–Kier alpha value is -2.68. The minimum absolute atomic E-state index is 0.150. The third kappa shape index (κ3) is 5.97. The van der Waals surface area contributed by atoms with Gasteiger partial charge in [-0.15, -0.1) is 0 Å². The zero-order valence-corrected chi connectivity index (χ0v) is 19.2. The van der Waals surface area contributed by atoms with Crippen LogP contribution < -0.4 is 9.46 Å². The Bertz CT molecular complexity index is 1110. The minimum atomic E-state index is -3.58. The van der Waals surface area contributed by atoms with Gasteiger partial charge in [-0.3, -0.25) is 4.68 Å². The van der Waals surface area contributed by atoms with E-state index in [-0.39, 0.29) is 18.0 Å². The lowest BCUT2D eigenvalue weighted by atomic mass is 9.90. The van der Waals surface area contributed by atoms with Crippen molar-refractivity contribution in [2.75, 3.05) is 32.8 Å². The first-order valence-corrected chi connectivity index (χ1v) is 12.5. The Labute approximate surface area is 190 Å². The molecule has 2 aromatic carbocycles. The molecule has 0 saturated carbocycles. The highest BCUT2D eigenvalue weighted by molar-refractivity contribution is 7.89. The Morgan fingerprint density at radius 1 is 1.12 bits per heavy atom. The van der Waals surface area contributed by atoms with E-state index < -0.39 is 10.0 Å². The second kappa shape index (κ2) is 10.3. The molecule has 0 amide bonds. The highest BCUT2D eigenvalue weighted by atomic mass is 32.2. The highest BCUT2D eigenvalue weighted by Gasteiger charge is 2.21. The van der Waals surface area contributed by atoms with Crippen LogP contribution in [0.4, 0.5) is 0 Å². The molecule has 1 aliphatic rings. The third-order valence-electron chi connectivity index (χ3n) is 5.74. The summed E-state index contributed by atoms with van der Waals surface area (Å²) in [5, 5.41) is 3.91. The van der Waals surface area contributed by atoms with Gasteiger partial charge >= 0.3 is 0 Å². The van der Waals surface area contributed by atoms with Crippen LogP contribution in [-0.4, -0.2) is 55.9 Å². The number of likely N-dealkylation sites (tertiary alicyclic amines) is 1. The summed E-state index contributed by atoms with van der Waals surface area (Å²) in [6.45, 7) is 3.79. The second-order valence-electron chi connectivity index (χ2n) is 8.21. The number of hydrogen-bond acceptors (Lipinski definition) is 5. The number of hydrogen-bond donors (Lipinski definition) is 1. The van der Waals surface area contributed by atoms with Crippen molar-refractivity contribution in [1.82, 2.24) is 19.4 Å². The van der Waals surface area contributed by atoms with Gasteiger partial charge in [-0.25, -0.2) is 13.1 Å². The van der Waals surface area contributed by atoms with E-state index in [1.165, 1.54) is 47.7 Å². The molecule has 170 valence electrons. The predicted molar refractivity (Wildman–Crippen MR) is 124 cm³/mol. The lowest BCUT2D eigenvalue weighted by Crippen LogP contribution is -2.40. The van der Waals surface area contributed by atoms with Gasteiger partial charge in [-0.05, 0) is 49.2 Å². The summed E-state index contributed by atoms with van der Waals surface area (Å²) < 4.78 is 34.5. The summed E-state index contributed by atoms with van der Waals surface area (Å²) in [5.41, 5.74) is 2.57. The van der Waals surface area contributed by atoms with Crippen molar-refractivity contribution in [3.05, 3.63) is 78.1 Å². The van der Waals surface area contributed by atoms with Crippen LogP contribution in [0.1, 0.15) is 23.5 Å². The first kappa shape index (κ1) is 22.5. The molecule has 32 heavy (non-hydrogen) atoms. The van der Waals surface area contributed by atoms with Crippen molar-refractivity contribution in [2.45, 2.75) is 23.7 Å². The molecule has 0 radical (unpaired) electrons. The predicted octanol–water partition coefficient (Wildman–Crippen LogP) is 2.81. The summed E-state index contributed by atoms with van der Waals surface area (Å²) in [7, 11) is -1.90. The van der Waals surface area contributed by atoms with Crippen LogP contribution in [-0.2, 0) is 23.5 Å². The van der Waals surface area contributed by atoms with Crippen LogP contribution in [0.5, 0.6) is 5.75 Å². The zero-order valence-electron chi connectivity index (χ0n) is 18.4. The van der Waals surface area contributed by atoms with E-state index >= 15 is 0 Å². The first-order chi connectivity index (χ1) is 15.5. The maximum atomic E-state index is 12.3. The fraction of sp³-hybridized carbons (Fsp3) is 0.375. The number of sulfonamides is 1. The molecule has 8 heteroatoms. The average molecular weight is 455 g/mol. The van der Waals surface area contributed by atoms with Gasteiger partial charge in [0, 0.05) is 32.3 Å². The van der Waals surface area contributed by atoms with Crippen molar-refractivity contribution in [1.29, 1.82) is 0 Å². The Morgan fingerprint density at radius 3 is 2.62 bits per heavy atom. The summed E-state index contributed by atoms with van der Waals surface area (Å²) in [6.07, 6.45) is 5.05. The summed E-state index contributed by atoms with van der Waals surface area (Å²) in [4.78, 5) is 2.64. The number of nitrogens with zero attached hydrogens (tertiary/aromatic N) is 3. The number of benzene rings is 2. The molecule has 1 atom stereocenters. The average Bonchev–Trinajstić information content (AvgIpc) is 3.21. The molecular weight excluding hydrogens is 424 g/mol. The van der Waals surface area contributed by atoms with Gasteiger partial charge in [-0.1, -0.05) is 42.5 Å². The Kier molecular flexibility index (Phi) is 7.24. The summed E-state index contributed by atoms with van der Waals surface area (Å²) in [6, 6.07) is 18.8. The van der Waals surface area contributed by atoms with E-state index in [0.29, 0.717) is 5.92 Å². The molecule has 3 aromatic rings. The molecule has 1 aliphatic heterocycles. The van der Waals surface area contributed by atoms with Crippen molar-refractivity contribution in [3.8, 4) is 5.75 Å². The van der Waals surface area contributed by atoms with E-state index in [2.05, 4.69) is 51.1 Å². The van der Waals surface area contributed by atoms with Gasteiger partial charge in [0.15, 0.2) is 0 Å². The Balaban J connectivity index is 1.36. The van der Waals surface area contributed by atoms with Gasteiger partial charge in [0.25, 0.3) is 0 Å². The smallest absolute Gasteiger partial charge is 0.243 e. The van der Waals surface area contributed by atoms with Crippen molar-refractivity contribution in [2.24, 2.45) is 7.05 Å². The second-order valence-corrected chi connectivity index (χ2v) is 9.98. The van der Waals surface area contributed by atoms with Crippen LogP contribution in [0.25, 0.3) is 0 Å². The van der Waals surface area contributed by atoms with Crippen LogP contribution in [0.3, 0.4) is 0 Å². The van der Waals surface area contributed by atoms with E-state index in [4.69, 9.17) is 4.74 Å². The van der Waals surface area contributed by atoms with Crippen molar-refractivity contribution in [3.63, 3.8) is 0 Å². The van der Waals surface area contributed by atoms with Gasteiger partial charge < -0.3 is 9.64 Å². The molecule has 4 rings (SSSR count). The molecule has 1 saturated heterocycles. The highest BCUT2D eigenvalue weighted by Crippen LogP contribution is 2.27. The van der Waals surface area contributed by atoms with Gasteiger partial charge in [-0.2, -0.15) is 5.10 Å². The normalized spacial score (nSPS) is 15.3. The number of aryl methyl sites for hydroxylation is 1. The van der Waals surface area contributed by atoms with Gasteiger partial charge in [0.05, 0.1) is 6.20 Å². The maximum absolute atomic E-state index is 12.3. The molecule has 0 bridgehead atoms. The lowest BCUT2D eigenvalue weighted by Gasteiger charge is -2.34. The van der Waals surface area contributed by atoms with Crippen molar-refractivity contribution < 1.29 is 13.2 Å². The molecule has 1 unspecified atom stereocenters. The lowest BCUT2D eigenvalue weighted by molar-refractivity contribution is 0.169. The largest absolute Gasteiger partial charge is 0.492 e. The molecule has 0 aliphatic carbocycles. The van der Waals surface area contributed by atoms with E-state index in [0.717, 1.165) is 18.7 Å². The first-order valence-electron chi connectivity index (χ1n) is 11.0.